The SMILES string of the molecule is O=C(Nc1ccccc1)C1CCCN(C(=O)c2ccc(C(F)(F)F)nc2)C1. The number of anilines is 1. The van der Waals surface area contributed by atoms with Crippen molar-refractivity contribution in [1.29, 1.82) is 0 Å². The Labute approximate surface area is 154 Å². The van der Waals surface area contributed by atoms with Crippen molar-refractivity contribution in [3.63, 3.8) is 0 Å². The number of carbonyl (C=O) groups is 2. The highest BCUT2D eigenvalue weighted by molar-refractivity contribution is 5.96. The van der Waals surface area contributed by atoms with E-state index >= 15 is 0 Å². The number of carbonyl (C=O) groups excluding carboxylic acids is 2. The molecule has 1 aliphatic heterocycles. The minimum Gasteiger partial charge on any atom is -0.338 e. The van der Waals surface area contributed by atoms with E-state index in [9.17, 15) is 22.8 Å². The lowest BCUT2D eigenvalue weighted by Gasteiger charge is -2.32. The van der Waals surface area contributed by atoms with Gasteiger partial charge in [-0.3, -0.25) is 14.6 Å². The number of likely N-dealkylation sites (tertiary alicyclic amines) is 1. The third-order valence-corrected chi connectivity index (χ3v) is 4.42. The minimum absolute atomic E-state index is 0.0760. The maximum atomic E-state index is 12.6. The van der Waals surface area contributed by atoms with Crippen molar-refractivity contribution in [2.45, 2.75) is 19.0 Å². The van der Waals surface area contributed by atoms with E-state index in [0.717, 1.165) is 18.3 Å². The third kappa shape index (κ3) is 4.64. The number of rotatable bonds is 3. The average Bonchev–Trinajstić information content (AvgIpc) is 2.68. The zero-order valence-electron chi connectivity index (χ0n) is 14.4. The number of nitrogens with zero attached hydrogens (tertiary/aromatic N) is 2. The van der Waals surface area contributed by atoms with Crippen molar-refractivity contribution in [1.82, 2.24) is 9.88 Å². The molecule has 2 heterocycles. The Hall–Kier alpha value is -2.90. The van der Waals surface area contributed by atoms with Crippen LogP contribution in [0.15, 0.2) is 48.7 Å². The molecule has 2 aromatic rings. The highest BCUT2D eigenvalue weighted by Gasteiger charge is 2.33. The number of piperidine rings is 1. The summed E-state index contributed by atoms with van der Waals surface area (Å²) in [4.78, 5) is 29.8. The van der Waals surface area contributed by atoms with Gasteiger partial charge in [0.15, 0.2) is 0 Å². The Morgan fingerprint density at radius 3 is 2.48 bits per heavy atom. The predicted octanol–water partition coefficient (Wildman–Crippen LogP) is 3.59. The number of pyridine rings is 1. The molecule has 0 saturated carbocycles. The summed E-state index contributed by atoms with van der Waals surface area (Å²) in [5.74, 6) is -0.969. The summed E-state index contributed by atoms with van der Waals surface area (Å²) in [7, 11) is 0. The molecule has 1 aromatic heterocycles. The molecule has 8 heteroatoms. The summed E-state index contributed by atoms with van der Waals surface area (Å²) in [6.45, 7) is 0.674. The van der Waals surface area contributed by atoms with Gasteiger partial charge in [-0.2, -0.15) is 13.2 Å². The van der Waals surface area contributed by atoms with Gasteiger partial charge in [-0.05, 0) is 37.1 Å². The Morgan fingerprint density at radius 1 is 1.11 bits per heavy atom. The summed E-state index contributed by atoms with van der Waals surface area (Å²) >= 11 is 0. The van der Waals surface area contributed by atoms with Crippen LogP contribution in [-0.4, -0.2) is 34.8 Å². The highest BCUT2D eigenvalue weighted by Crippen LogP contribution is 2.27. The van der Waals surface area contributed by atoms with E-state index in [1.165, 1.54) is 4.90 Å². The fourth-order valence-electron chi connectivity index (χ4n) is 3.01. The molecule has 27 heavy (non-hydrogen) atoms. The van der Waals surface area contributed by atoms with E-state index in [1.54, 1.807) is 12.1 Å². The molecule has 1 fully saturated rings. The smallest absolute Gasteiger partial charge is 0.338 e. The molecular weight excluding hydrogens is 359 g/mol. The number of nitrogens with one attached hydrogen (secondary N) is 1. The molecule has 0 bridgehead atoms. The summed E-state index contributed by atoms with van der Waals surface area (Å²) in [6, 6.07) is 10.9. The molecule has 142 valence electrons. The van der Waals surface area contributed by atoms with Gasteiger partial charge >= 0.3 is 6.18 Å². The first-order chi connectivity index (χ1) is 12.8. The highest BCUT2D eigenvalue weighted by atomic mass is 19.4. The molecule has 0 radical (unpaired) electrons. The lowest BCUT2D eigenvalue weighted by atomic mass is 9.96. The van der Waals surface area contributed by atoms with Crippen molar-refractivity contribution in [2.24, 2.45) is 5.92 Å². The quantitative estimate of drug-likeness (QED) is 0.889. The normalized spacial score (nSPS) is 17.4. The first kappa shape index (κ1) is 18.9. The van der Waals surface area contributed by atoms with Crippen LogP contribution in [0, 0.1) is 5.92 Å². The number of aromatic nitrogens is 1. The van der Waals surface area contributed by atoms with Gasteiger partial charge in [-0.15, -0.1) is 0 Å². The second kappa shape index (κ2) is 7.77. The Morgan fingerprint density at radius 2 is 1.85 bits per heavy atom. The van der Waals surface area contributed by atoms with Crippen LogP contribution in [0.4, 0.5) is 18.9 Å². The molecule has 1 N–H and O–H groups in total. The second-order valence-electron chi connectivity index (χ2n) is 6.38. The van der Waals surface area contributed by atoms with Gasteiger partial charge in [0.05, 0.1) is 11.5 Å². The van der Waals surface area contributed by atoms with Crippen LogP contribution in [0.2, 0.25) is 0 Å². The maximum Gasteiger partial charge on any atom is 0.433 e. The molecule has 1 atom stereocenters. The molecular formula is C19H18F3N3O2. The summed E-state index contributed by atoms with van der Waals surface area (Å²) in [6.07, 6.45) is -2.33. The van der Waals surface area contributed by atoms with Crippen LogP contribution >= 0.6 is 0 Å². The third-order valence-electron chi connectivity index (χ3n) is 4.42. The van der Waals surface area contributed by atoms with Crippen LogP contribution < -0.4 is 5.32 Å². The maximum absolute atomic E-state index is 12.6. The fourth-order valence-corrected chi connectivity index (χ4v) is 3.01. The number of amides is 2. The predicted molar refractivity (Wildman–Crippen MR) is 92.9 cm³/mol. The lowest BCUT2D eigenvalue weighted by molar-refractivity contribution is -0.141. The Balaban J connectivity index is 1.65. The number of alkyl halides is 3. The van der Waals surface area contributed by atoms with Crippen molar-refractivity contribution in [3.05, 3.63) is 59.9 Å². The van der Waals surface area contributed by atoms with Crippen molar-refractivity contribution in [3.8, 4) is 0 Å². The van der Waals surface area contributed by atoms with Crippen LogP contribution in [0.5, 0.6) is 0 Å². The summed E-state index contributed by atoms with van der Waals surface area (Å²) in [5, 5.41) is 2.82. The molecule has 1 unspecified atom stereocenters. The van der Waals surface area contributed by atoms with Crippen LogP contribution in [0.3, 0.4) is 0 Å². The lowest BCUT2D eigenvalue weighted by Crippen LogP contribution is -2.43. The first-order valence-corrected chi connectivity index (χ1v) is 8.53. The zero-order valence-corrected chi connectivity index (χ0v) is 14.4. The largest absolute Gasteiger partial charge is 0.433 e. The zero-order chi connectivity index (χ0) is 19.4. The monoisotopic (exact) mass is 377 g/mol. The molecule has 0 spiro atoms. The molecule has 1 aromatic carbocycles. The summed E-state index contributed by atoms with van der Waals surface area (Å²) in [5.41, 5.74) is -0.289. The number of para-hydroxylation sites is 1. The second-order valence-corrected chi connectivity index (χ2v) is 6.38. The number of hydrogen-bond donors (Lipinski definition) is 1. The molecule has 1 saturated heterocycles. The van der Waals surface area contributed by atoms with E-state index in [4.69, 9.17) is 0 Å². The standard InChI is InChI=1S/C19H18F3N3O2/c20-19(21,22)16-9-8-13(11-23-16)18(27)25-10-4-5-14(12-25)17(26)24-15-6-2-1-3-7-15/h1-3,6-9,11,14H,4-5,10,12H2,(H,24,26). The van der Waals surface area contributed by atoms with Crippen LogP contribution in [0.25, 0.3) is 0 Å². The Kier molecular flexibility index (Phi) is 5.43. The molecule has 3 rings (SSSR count). The number of benzene rings is 1. The topological polar surface area (TPSA) is 62.3 Å². The van der Waals surface area contributed by atoms with Crippen molar-refractivity contribution < 1.29 is 22.8 Å². The van der Waals surface area contributed by atoms with Gasteiger partial charge in [0.1, 0.15) is 5.69 Å². The van der Waals surface area contributed by atoms with Gasteiger partial charge in [-0.25, -0.2) is 0 Å². The van der Waals surface area contributed by atoms with E-state index in [1.807, 2.05) is 18.2 Å². The van der Waals surface area contributed by atoms with Crippen molar-refractivity contribution >= 4 is 17.5 Å². The van der Waals surface area contributed by atoms with Crippen molar-refractivity contribution in [2.75, 3.05) is 18.4 Å². The fraction of sp³-hybridized carbons (Fsp3) is 0.316. The van der Waals surface area contributed by atoms with Gasteiger partial charge < -0.3 is 10.2 Å². The number of hydrogen-bond acceptors (Lipinski definition) is 3. The van der Waals surface area contributed by atoms with Crippen LogP contribution in [-0.2, 0) is 11.0 Å². The van der Waals surface area contributed by atoms with Crippen LogP contribution in [0.1, 0.15) is 28.9 Å². The number of halogens is 3. The van der Waals surface area contributed by atoms with E-state index < -0.39 is 17.8 Å². The first-order valence-electron chi connectivity index (χ1n) is 8.53. The van der Waals surface area contributed by atoms with Gasteiger partial charge in [0.2, 0.25) is 5.91 Å². The summed E-state index contributed by atoms with van der Waals surface area (Å²) < 4.78 is 37.8. The van der Waals surface area contributed by atoms with Gasteiger partial charge in [-0.1, -0.05) is 18.2 Å². The molecule has 0 aliphatic carbocycles. The Bertz CT molecular complexity index is 807. The molecule has 5 nitrogen and oxygen atoms in total. The van der Waals surface area contributed by atoms with E-state index in [-0.39, 0.29) is 23.9 Å². The molecule has 2 amide bonds. The van der Waals surface area contributed by atoms with Gasteiger partial charge in [0.25, 0.3) is 5.91 Å². The minimum atomic E-state index is -4.55. The average molecular weight is 377 g/mol. The van der Waals surface area contributed by atoms with Gasteiger partial charge in [0, 0.05) is 25.0 Å². The molecule has 1 aliphatic rings. The van der Waals surface area contributed by atoms with E-state index in [2.05, 4.69) is 10.3 Å². The van der Waals surface area contributed by atoms with E-state index in [0.29, 0.717) is 25.1 Å².